The molecule has 2 aromatic carbocycles. The first kappa shape index (κ1) is 27.4. The minimum absolute atomic E-state index is 0.0202. The number of nitrogens with one attached hydrogen (secondary N) is 1. The Kier molecular flexibility index (Phi) is 8.37. The lowest BCUT2D eigenvalue weighted by Gasteiger charge is -2.43. The maximum atomic E-state index is 14.6. The largest absolute Gasteiger partial charge is 0.493 e. The lowest BCUT2D eigenvalue weighted by atomic mass is 9.88. The zero-order chi connectivity index (χ0) is 27.5. The molecule has 3 aromatic rings. The molecule has 1 aliphatic carbocycles. The standard InChI is InChI=1S/C29H35ClFN5O3/c1-35(2)29(37)24-9-4-5-14-36(24)18-10-12-19(13-11-18)39-26-15-20-23(16-25(26)38-3)32-17-33-28(20)34-22-8-6-7-21(30)27(22)31/h6-8,15-19,24H,4-5,9-14H2,1-3H3,(H,32,33,34)/t18-,19+,24-/m1/s1. The highest BCUT2D eigenvalue weighted by Crippen LogP contribution is 2.38. The minimum Gasteiger partial charge on any atom is -0.493 e. The summed E-state index contributed by atoms with van der Waals surface area (Å²) in [5.41, 5.74) is 0.868. The van der Waals surface area contributed by atoms with E-state index in [2.05, 4.69) is 20.2 Å². The Balaban J connectivity index is 1.32. The van der Waals surface area contributed by atoms with Crippen molar-refractivity contribution in [3.8, 4) is 11.5 Å². The molecule has 1 saturated carbocycles. The number of ether oxygens (including phenoxy) is 2. The van der Waals surface area contributed by atoms with Crippen molar-refractivity contribution in [2.24, 2.45) is 0 Å². The van der Waals surface area contributed by atoms with Gasteiger partial charge in [0.2, 0.25) is 5.91 Å². The van der Waals surface area contributed by atoms with Crippen LogP contribution in [0, 0.1) is 5.82 Å². The van der Waals surface area contributed by atoms with E-state index in [0.717, 1.165) is 51.5 Å². The fourth-order valence-corrected chi connectivity index (χ4v) is 5.95. The average Bonchev–Trinajstić information content (AvgIpc) is 2.95. The molecular formula is C29H35ClFN5O3. The lowest BCUT2D eigenvalue weighted by Crippen LogP contribution is -2.54. The fourth-order valence-electron chi connectivity index (χ4n) is 5.77. The summed E-state index contributed by atoms with van der Waals surface area (Å²) < 4.78 is 26.7. The van der Waals surface area contributed by atoms with Crippen LogP contribution >= 0.6 is 11.6 Å². The molecule has 1 atom stereocenters. The lowest BCUT2D eigenvalue weighted by molar-refractivity contribution is -0.137. The summed E-state index contributed by atoms with van der Waals surface area (Å²) in [6, 6.07) is 8.80. The van der Waals surface area contributed by atoms with Gasteiger partial charge in [-0.05, 0) is 63.3 Å². The number of nitrogens with zero attached hydrogens (tertiary/aromatic N) is 4. The van der Waals surface area contributed by atoms with Gasteiger partial charge in [-0.3, -0.25) is 9.69 Å². The average molecular weight is 556 g/mol. The molecule has 1 aromatic heterocycles. The number of rotatable bonds is 7. The van der Waals surface area contributed by atoms with Gasteiger partial charge in [-0.1, -0.05) is 24.1 Å². The second-order valence-corrected chi connectivity index (χ2v) is 10.9. The molecule has 1 amide bonds. The van der Waals surface area contributed by atoms with Crippen LogP contribution in [0.3, 0.4) is 0 Å². The monoisotopic (exact) mass is 555 g/mol. The molecule has 208 valence electrons. The first-order valence-corrected chi connectivity index (χ1v) is 13.9. The van der Waals surface area contributed by atoms with E-state index < -0.39 is 5.82 Å². The number of carbonyl (C=O) groups is 1. The van der Waals surface area contributed by atoms with Crippen LogP contribution in [0.25, 0.3) is 10.9 Å². The summed E-state index contributed by atoms with van der Waals surface area (Å²) in [5.74, 6) is 1.28. The van der Waals surface area contributed by atoms with Crippen LogP contribution in [0.15, 0.2) is 36.7 Å². The molecule has 10 heteroatoms. The molecule has 1 N–H and O–H groups in total. The first-order valence-electron chi connectivity index (χ1n) is 13.5. The van der Waals surface area contributed by atoms with Gasteiger partial charge in [-0.25, -0.2) is 14.4 Å². The predicted molar refractivity (Wildman–Crippen MR) is 150 cm³/mol. The Bertz CT molecular complexity index is 1330. The Hall–Kier alpha value is -3.17. The number of halogens is 2. The zero-order valence-electron chi connectivity index (χ0n) is 22.6. The van der Waals surface area contributed by atoms with Gasteiger partial charge in [0.1, 0.15) is 12.1 Å². The highest BCUT2D eigenvalue weighted by atomic mass is 35.5. The van der Waals surface area contributed by atoms with Crippen LogP contribution < -0.4 is 14.8 Å². The minimum atomic E-state index is -0.545. The number of anilines is 2. The third-order valence-electron chi connectivity index (χ3n) is 7.80. The number of piperidine rings is 1. The highest BCUT2D eigenvalue weighted by molar-refractivity contribution is 6.31. The van der Waals surface area contributed by atoms with Crippen LogP contribution in [-0.2, 0) is 4.79 Å². The van der Waals surface area contributed by atoms with Crippen molar-refractivity contribution in [1.82, 2.24) is 19.8 Å². The molecule has 1 aliphatic heterocycles. The van der Waals surface area contributed by atoms with Crippen molar-refractivity contribution in [3.05, 3.63) is 47.5 Å². The maximum Gasteiger partial charge on any atom is 0.239 e. The third kappa shape index (κ3) is 5.89. The van der Waals surface area contributed by atoms with Gasteiger partial charge in [0.05, 0.1) is 35.5 Å². The number of methoxy groups -OCH3 is 1. The molecule has 0 bridgehead atoms. The van der Waals surface area contributed by atoms with Crippen molar-refractivity contribution < 1.29 is 18.7 Å². The molecule has 2 heterocycles. The van der Waals surface area contributed by atoms with Crippen LogP contribution in [0.2, 0.25) is 5.02 Å². The highest BCUT2D eigenvalue weighted by Gasteiger charge is 2.36. The van der Waals surface area contributed by atoms with E-state index in [-0.39, 0.29) is 28.8 Å². The van der Waals surface area contributed by atoms with Gasteiger partial charge in [0, 0.05) is 31.6 Å². The fraction of sp³-hybridized carbons (Fsp3) is 0.483. The van der Waals surface area contributed by atoms with Crippen LogP contribution in [0.4, 0.5) is 15.9 Å². The molecule has 0 spiro atoms. The number of hydrogen-bond donors (Lipinski definition) is 1. The summed E-state index contributed by atoms with van der Waals surface area (Å²) in [5, 5.41) is 3.75. The summed E-state index contributed by atoms with van der Waals surface area (Å²) in [7, 11) is 5.29. The van der Waals surface area contributed by atoms with E-state index >= 15 is 0 Å². The molecule has 2 fully saturated rings. The normalized spacial score (nSPS) is 21.9. The van der Waals surface area contributed by atoms with Crippen molar-refractivity contribution in [1.29, 1.82) is 0 Å². The van der Waals surface area contributed by atoms with Gasteiger partial charge in [0.25, 0.3) is 0 Å². The van der Waals surface area contributed by atoms with Crippen molar-refractivity contribution in [2.45, 2.75) is 63.1 Å². The van der Waals surface area contributed by atoms with E-state index in [9.17, 15) is 9.18 Å². The quantitative estimate of drug-likeness (QED) is 0.394. The van der Waals surface area contributed by atoms with E-state index in [4.69, 9.17) is 21.1 Å². The second-order valence-electron chi connectivity index (χ2n) is 10.5. The number of amides is 1. The molecule has 39 heavy (non-hydrogen) atoms. The number of benzene rings is 2. The number of aromatic nitrogens is 2. The molecule has 8 nitrogen and oxygen atoms in total. The Labute approximate surface area is 233 Å². The van der Waals surface area contributed by atoms with Gasteiger partial charge in [0.15, 0.2) is 17.3 Å². The van der Waals surface area contributed by atoms with Gasteiger partial charge < -0.3 is 19.7 Å². The molecular weight excluding hydrogens is 521 g/mol. The van der Waals surface area contributed by atoms with E-state index in [1.807, 2.05) is 26.2 Å². The summed E-state index contributed by atoms with van der Waals surface area (Å²) in [4.78, 5) is 25.7. The summed E-state index contributed by atoms with van der Waals surface area (Å²) in [6.45, 7) is 0.974. The second kappa shape index (κ2) is 11.9. The van der Waals surface area contributed by atoms with Crippen molar-refractivity contribution >= 4 is 39.9 Å². The van der Waals surface area contributed by atoms with E-state index in [1.165, 1.54) is 12.4 Å². The van der Waals surface area contributed by atoms with Crippen LogP contribution in [0.1, 0.15) is 44.9 Å². The van der Waals surface area contributed by atoms with Crippen molar-refractivity contribution in [3.63, 3.8) is 0 Å². The third-order valence-corrected chi connectivity index (χ3v) is 8.09. The van der Waals surface area contributed by atoms with Gasteiger partial charge >= 0.3 is 0 Å². The molecule has 0 unspecified atom stereocenters. The molecule has 5 rings (SSSR count). The number of carbonyl (C=O) groups excluding carboxylic acids is 1. The first-order chi connectivity index (χ1) is 18.9. The van der Waals surface area contributed by atoms with Gasteiger partial charge in [-0.2, -0.15) is 0 Å². The Morgan fingerprint density at radius 1 is 1.10 bits per heavy atom. The van der Waals surface area contributed by atoms with Crippen molar-refractivity contribution in [2.75, 3.05) is 33.1 Å². The number of likely N-dealkylation sites (tertiary alicyclic amines) is 1. The molecule has 2 aliphatic rings. The smallest absolute Gasteiger partial charge is 0.239 e. The van der Waals surface area contributed by atoms with Crippen LogP contribution in [0.5, 0.6) is 11.5 Å². The molecule has 0 radical (unpaired) electrons. The van der Waals surface area contributed by atoms with E-state index in [1.54, 1.807) is 24.1 Å². The summed E-state index contributed by atoms with van der Waals surface area (Å²) in [6.07, 6.45) is 8.33. The number of hydrogen-bond acceptors (Lipinski definition) is 7. The predicted octanol–water partition coefficient (Wildman–Crippen LogP) is 5.81. The number of fused-ring (bicyclic) bond motifs is 1. The maximum absolute atomic E-state index is 14.6. The summed E-state index contributed by atoms with van der Waals surface area (Å²) >= 11 is 5.96. The molecule has 1 saturated heterocycles. The zero-order valence-corrected chi connectivity index (χ0v) is 23.4. The van der Waals surface area contributed by atoms with Gasteiger partial charge in [-0.15, -0.1) is 0 Å². The van der Waals surface area contributed by atoms with Crippen LogP contribution in [-0.4, -0.2) is 71.6 Å². The number of likely N-dealkylation sites (N-methyl/N-ethyl adjacent to an activating group) is 1. The Morgan fingerprint density at radius 2 is 1.90 bits per heavy atom. The topological polar surface area (TPSA) is 79.8 Å². The Morgan fingerprint density at radius 3 is 2.64 bits per heavy atom. The van der Waals surface area contributed by atoms with E-state index in [0.29, 0.717) is 34.3 Å². The SMILES string of the molecule is COc1cc2ncnc(Nc3cccc(Cl)c3F)c2cc1O[C@H]1CC[C@@H](N2CCCC[C@@H]2C(=O)N(C)C)CC1.